The Balaban J connectivity index is 1.75. The summed E-state index contributed by atoms with van der Waals surface area (Å²) in [6.45, 7) is 3.20. The SMILES string of the molecule is Cc1cc(NCC(=O)NCC2CC2)ccc1Br. The molecule has 2 rings (SSSR count). The van der Waals surface area contributed by atoms with Gasteiger partial charge in [-0.15, -0.1) is 0 Å². The molecule has 92 valence electrons. The Morgan fingerprint density at radius 3 is 2.88 bits per heavy atom. The van der Waals surface area contributed by atoms with Crippen LogP contribution in [0.4, 0.5) is 5.69 Å². The molecular weight excluding hydrogens is 280 g/mol. The van der Waals surface area contributed by atoms with Crippen LogP contribution in [-0.2, 0) is 4.79 Å². The zero-order valence-corrected chi connectivity index (χ0v) is 11.5. The summed E-state index contributed by atoms with van der Waals surface area (Å²) in [5.41, 5.74) is 2.14. The third-order valence-electron chi connectivity index (χ3n) is 2.90. The molecule has 0 atom stereocenters. The number of hydrogen-bond acceptors (Lipinski definition) is 2. The fourth-order valence-corrected chi connectivity index (χ4v) is 1.83. The van der Waals surface area contributed by atoms with Gasteiger partial charge in [-0.2, -0.15) is 0 Å². The lowest BCUT2D eigenvalue weighted by Crippen LogP contribution is -2.31. The number of nitrogens with one attached hydrogen (secondary N) is 2. The lowest BCUT2D eigenvalue weighted by molar-refractivity contribution is -0.119. The van der Waals surface area contributed by atoms with Crippen LogP contribution in [0.2, 0.25) is 0 Å². The van der Waals surface area contributed by atoms with Crippen LogP contribution in [0.15, 0.2) is 22.7 Å². The van der Waals surface area contributed by atoms with Crippen LogP contribution in [0.5, 0.6) is 0 Å². The Morgan fingerprint density at radius 1 is 1.47 bits per heavy atom. The van der Waals surface area contributed by atoms with E-state index in [1.54, 1.807) is 0 Å². The molecule has 2 N–H and O–H groups in total. The van der Waals surface area contributed by atoms with Gasteiger partial charge >= 0.3 is 0 Å². The summed E-state index contributed by atoms with van der Waals surface area (Å²) in [6, 6.07) is 5.98. The Bertz CT molecular complexity index is 416. The first-order valence-corrected chi connectivity index (χ1v) is 6.71. The van der Waals surface area contributed by atoms with Gasteiger partial charge in [0.05, 0.1) is 6.54 Å². The molecule has 1 aliphatic rings. The second-order valence-corrected chi connectivity index (χ2v) is 5.42. The van der Waals surface area contributed by atoms with Crippen molar-refractivity contribution in [3.63, 3.8) is 0 Å². The second-order valence-electron chi connectivity index (χ2n) is 4.56. The number of rotatable bonds is 5. The summed E-state index contributed by atoms with van der Waals surface area (Å²) in [5.74, 6) is 0.798. The highest BCUT2D eigenvalue weighted by Crippen LogP contribution is 2.27. The first-order valence-electron chi connectivity index (χ1n) is 5.92. The Labute approximate surface area is 110 Å². The monoisotopic (exact) mass is 296 g/mol. The fourth-order valence-electron chi connectivity index (χ4n) is 1.58. The molecule has 1 aromatic carbocycles. The molecule has 0 aromatic heterocycles. The molecule has 1 amide bonds. The lowest BCUT2D eigenvalue weighted by Gasteiger charge is -2.08. The van der Waals surface area contributed by atoms with E-state index in [0.29, 0.717) is 6.54 Å². The van der Waals surface area contributed by atoms with E-state index in [-0.39, 0.29) is 5.91 Å². The minimum absolute atomic E-state index is 0.0671. The summed E-state index contributed by atoms with van der Waals surface area (Å²) in [4.78, 5) is 11.5. The Morgan fingerprint density at radius 2 is 2.24 bits per heavy atom. The predicted octanol–water partition coefficient (Wildman–Crippen LogP) is 2.70. The topological polar surface area (TPSA) is 41.1 Å². The third kappa shape index (κ3) is 4.04. The number of carbonyl (C=O) groups is 1. The second kappa shape index (κ2) is 5.54. The number of aryl methyl sites for hydroxylation is 1. The number of hydrogen-bond donors (Lipinski definition) is 2. The van der Waals surface area contributed by atoms with E-state index in [9.17, 15) is 4.79 Å². The first kappa shape index (κ1) is 12.4. The summed E-state index contributed by atoms with van der Waals surface area (Å²) >= 11 is 3.45. The van der Waals surface area contributed by atoms with Crippen molar-refractivity contribution in [2.45, 2.75) is 19.8 Å². The van der Waals surface area contributed by atoms with Gasteiger partial charge in [0.25, 0.3) is 0 Å². The third-order valence-corrected chi connectivity index (χ3v) is 3.79. The lowest BCUT2D eigenvalue weighted by atomic mass is 10.2. The first-order chi connectivity index (χ1) is 8.15. The van der Waals surface area contributed by atoms with E-state index in [4.69, 9.17) is 0 Å². The smallest absolute Gasteiger partial charge is 0.239 e. The van der Waals surface area contributed by atoms with Crippen molar-refractivity contribution in [3.8, 4) is 0 Å². The molecule has 1 saturated carbocycles. The van der Waals surface area contributed by atoms with E-state index in [0.717, 1.165) is 28.2 Å². The molecule has 4 heteroatoms. The minimum atomic E-state index is 0.0671. The van der Waals surface area contributed by atoms with Gasteiger partial charge in [0.15, 0.2) is 0 Å². The molecule has 1 fully saturated rings. The van der Waals surface area contributed by atoms with Crippen LogP contribution >= 0.6 is 15.9 Å². The van der Waals surface area contributed by atoms with Gasteiger partial charge in [-0.3, -0.25) is 4.79 Å². The molecule has 1 aliphatic carbocycles. The highest BCUT2D eigenvalue weighted by molar-refractivity contribution is 9.10. The number of halogens is 1. The average Bonchev–Trinajstić information content (AvgIpc) is 3.12. The molecule has 0 bridgehead atoms. The molecule has 0 saturated heterocycles. The van der Waals surface area contributed by atoms with Gasteiger partial charge in [-0.25, -0.2) is 0 Å². The van der Waals surface area contributed by atoms with Crippen LogP contribution in [0.1, 0.15) is 18.4 Å². The summed E-state index contributed by atoms with van der Waals surface area (Å²) in [6.07, 6.45) is 2.53. The Hall–Kier alpha value is -1.03. The molecule has 0 unspecified atom stereocenters. The molecule has 17 heavy (non-hydrogen) atoms. The van der Waals surface area contributed by atoms with Gasteiger partial charge in [-0.05, 0) is 49.4 Å². The van der Waals surface area contributed by atoms with Crippen molar-refractivity contribution in [1.82, 2.24) is 5.32 Å². The molecule has 3 nitrogen and oxygen atoms in total. The zero-order valence-electron chi connectivity index (χ0n) is 9.92. The molecule has 1 aromatic rings. The van der Waals surface area contributed by atoms with E-state index >= 15 is 0 Å². The summed E-state index contributed by atoms with van der Waals surface area (Å²) < 4.78 is 1.08. The van der Waals surface area contributed by atoms with Crippen molar-refractivity contribution >= 4 is 27.5 Å². The van der Waals surface area contributed by atoms with Crippen molar-refractivity contribution in [2.75, 3.05) is 18.4 Å². The van der Waals surface area contributed by atoms with Gasteiger partial charge in [0, 0.05) is 16.7 Å². The number of carbonyl (C=O) groups excluding carboxylic acids is 1. The van der Waals surface area contributed by atoms with Gasteiger partial charge in [0.1, 0.15) is 0 Å². The van der Waals surface area contributed by atoms with Gasteiger partial charge < -0.3 is 10.6 Å². The van der Waals surface area contributed by atoms with Crippen molar-refractivity contribution < 1.29 is 4.79 Å². The predicted molar refractivity (Wildman–Crippen MR) is 73.1 cm³/mol. The number of amides is 1. The maximum Gasteiger partial charge on any atom is 0.239 e. The van der Waals surface area contributed by atoms with Crippen LogP contribution < -0.4 is 10.6 Å². The van der Waals surface area contributed by atoms with Crippen LogP contribution in [-0.4, -0.2) is 19.0 Å². The quantitative estimate of drug-likeness (QED) is 0.877. The maximum atomic E-state index is 11.5. The van der Waals surface area contributed by atoms with Crippen molar-refractivity contribution in [2.24, 2.45) is 5.92 Å². The minimum Gasteiger partial charge on any atom is -0.376 e. The average molecular weight is 297 g/mol. The highest BCUT2D eigenvalue weighted by Gasteiger charge is 2.21. The highest BCUT2D eigenvalue weighted by atomic mass is 79.9. The normalized spacial score (nSPS) is 14.5. The van der Waals surface area contributed by atoms with Crippen LogP contribution in [0.3, 0.4) is 0 Å². The van der Waals surface area contributed by atoms with E-state index in [1.165, 1.54) is 12.8 Å². The fraction of sp³-hybridized carbons (Fsp3) is 0.462. The standard InChI is InChI=1S/C13H17BrN2O/c1-9-6-11(4-5-12(9)14)15-8-13(17)16-7-10-2-3-10/h4-6,10,15H,2-3,7-8H2,1H3,(H,16,17). The van der Waals surface area contributed by atoms with Crippen LogP contribution in [0, 0.1) is 12.8 Å². The zero-order chi connectivity index (χ0) is 12.3. The van der Waals surface area contributed by atoms with Gasteiger partial charge in [0.2, 0.25) is 5.91 Å². The molecule has 0 radical (unpaired) electrons. The Kier molecular flexibility index (Phi) is 4.05. The van der Waals surface area contributed by atoms with E-state index in [1.807, 2.05) is 25.1 Å². The summed E-state index contributed by atoms with van der Waals surface area (Å²) in [5, 5.41) is 6.05. The van der Waals surface area contributed by atoms with Crippen LogP contribution in [0.25, 0.3) is 0 Å². The molecular formula is C13H17BrN2O. The van der Waals surface area contributed by atoms with Crippen molar-refractivity contribution in [3.05, 3.63) is 28.2 Å². The maximum absolute atomic E-state index is 11.5. The van der Waals surface area contributed by atoms with E-state index in [2.05, 4.69) is 26.6 Å². The molecule has 0 spiro atoms. The largest absolute Gasteiger partial charge is 0.376 e. The number of anilines is 1. The molecule has 0 heterocycles. The van der Waals surface area contributed by atoms with Crippen molar-refractivity contribution in [1.29, 1.82) is 0 Å². The summed E-state index contributed by atoms with van der Waals surface area (Å²) in [7, 11) is 0. The van der Waals surface area contributed by atoms with E-state index < -0.39 is 0 Å². The molecule has 0 aliphatic heterocycles. The van der Waals surface area contributed by atoms with Gasteiger partial charge in [-0.1, -0.05) is 15.9 Å². The number of benzene rings is 1.